The van der Waals surface area contributed by atoms with Gasteiger partial charge in [0.1, 0.15) is 17.7 Å². The van der Waals surface area contributed by atoms with Gasteiger partial charge in [-0.2, -0.15) is 0 Å². The normalized spacial score (nSPS) is 18.0. The first-order valence-electron chi connectivity index (χ1n) is 10.3. The van der Waals surface area contributed by atoms with Crippen molar-refractivity contribution >= 4 is 30.0 Å². The molecular weight excluding hydrogens is 419 g/mol. The Morgan fingerprint density at radius 2 is 1.63 bits per heavy atom. The van der Waals surface area contributed by atoms with E-state index in [1.54, 1.807) is 0 Å². The highest BCUT2D eigenvalue weighted by atomic mass is 35.5. The second kappa shape index (κ2) is 8.48. The maximum absolute atomic E-state index is 6.23. The monoisotopic (exact) mass is 444 g/mol. The van der Waals surface area contributed by atoms with Gasteiger partial charge in [-0.05, 0) is 30.5 Å². The minimum absolute atomic E-state index is 0. The van der Waals surface area contributed by atoms with Crippen LogP contribution in [-0.4, -0.2) is 34.0 Å². The third kappa shape index (κ3) is 3.77. The highest BCUT2D eigenvalue weighted by Gasteiger charge is 2.50. The summed E-state index contributed by atoms with van der Waals surface area (Å²) in [5.74, 6) is 2.80. The number of rotatable bonds is 5. The molecule has 1 saturated heterocycles. The molecule has 1 saturated carbocycles. The third-order valence-corrected chi connectivity index (χ3v) is 6.52. The molecule has 3 aromatic rings. The number of anilines is 1. The fourth-order valence-corrected chi connectivity index (χ4v) is 4.61. The first-order valence-corrected chi connectivity index (χ1v) is 10.7. The smallest absolute Gasteiger partial charge is 0.226 e. The number of halogens is 2. The maximum Gasteiger partial charge on any atom is 0.226 e. The summed E-state index contributed by atoms with van der Waals surface area (Å²) in [6, 6.07) is 18.4. The molecule has 7 heteroatoms. The van der Waals surface area contributed by atoms with Crippen molar-refractivity contribution in [3.63, 3.8) is 0 Å². The lowest BCUT2D eigenvalue weighted by atomic mass is 9.95. The van der Waals surface area contributed by atoms with Crippen LogP contribution in [0, 0.1) is 0 Å². The molecule has 5 nitrogen and oxygen atoms in total. The Hall–Kier alpha value is -2.24. The summed E-state index contributed by atoms with van der Waals surface area (Å²) in [7, 11) is 2.10. The second-order valence-corrected chi connectivity index (χ2v) is 8.47. The fraction of sp³-hybridized carbons (Fsp3) is 0.391. The molecule has 158 valence electrons. The number of hydrogen-bond donors (Lipinski definition) is 0. The number of ether oxygens (including phenoxy) is 1. The van der Waals surface area contributed by atoms with Crippen LogP contribution in [-0.2, 0) is 12.5 Å². The van der Waals surface area contributed by atoms with E-state index in [2.05, 4.69) is 57.0 Å². The van der Waals surface area contributed by atoms with Gasteiger partial charge in [0, 0.05) is 33.0 Å². The molecule has 2 heterocycles. The molecule has 0 N–H and O–H groups in total. The van der Waals surface area contributed by atoms with Crippen LogP contribution in [0.4, 0.5) is 5.95 Å². The first-order chi connectivity index (χ1) is 14.2. The number of benzene rings is 2. The highest BCUT2D eigenvalue weighted by molar-refractivity contribution is 6.32. The van der Waals surface area contributed by atoms with Crippen LogP contribution in [0.3, 0.4) is 0 Å². The van der Waals surface area contributed by atoms with Gasteiger partial charge in [0.25, 0.3) is 0 Å². The lowest BCUT2D eigenvalue weighted by molar-refractivity contribution is 0.170. The fourth-order valence-electron chi connectivity index (χ4n) is 4.43. The van der Waals surface area contributed by atoms with E-state index in [-0.39, 0.29) is 23.9 Å². The lowest BCUT2D eigenvalue weighted by Gasteiger charge is -2.32. The van der Waals surface area contributed by atoms with Crippen molar-refractivity contribution in [3.05, 3.63) is 71.0 Å². The van der Waals surface area contributed by atoms with Gasteiger partial charge in [-0.1, -0.05) is 54.1 Å². The second-order valence-electron chi connectivity index (χ2n) is 8.07. The van der Waals surface area contributed by atoms with Gasteiger partial charge in [-0.15, -0.1) is 22.6 Å². The summed E-state index contributed by atoms with van der Waals surface area (Å²) < 4.78 is 8.32. The van der Waals surface area contributed by atoms with Gasteiger partial charge in [0.2, 0.25) is 5.95 Å². The average Bonchev–Trinajstić information content (AvgIpc) is 3.47. The third-order valence-electron chi connectivity index (χ3n) is 6.21. The Labute approximate surface area is 188 Å². The molecule has 30 heavy (non-hydrogen) atoms. The van der Waals surface area contributed by atoms with Crippen molar-refractivity contribution < 1.29 is 4.74 Å². The molecule has 0 atom stereocenters. The molecule has 1 aliphatic heterocycles. The largest absolute Gasteiger partial charge is 0.489 e. The van der Waals surface area contributed by atoms with E-state index in [1.165, 1.54) is 5.56 Å². The van der Waals surface area contributed by atoms with Crippen molar-refractivity contribution in [2.45, 2.75) is 37.2 Å². The first kappa shape index (κ1) is 21.0. The number of aromatic nitrogens is 3. The topological polar surface area (TPSA) is 43.2 Å². The molecular formula is C23H26Cl2N4O. The van der Waals surface area contributed by atoms with E-state index in [0.29, 0.717) is 5.02 Å². The van der Waals surface area contributed by atoms with E-state index in [4.69, 9.17) is 16.3 Å². The van der Waals surface area contributed by atoms with Crippen LogP contribution in [0.1, 0.15) is 37.1 Å². The Morgan fingerprint density at radius 1 is 0.967 bits per heavy atom. The Morgan fingerprint density at radius 3 is 2.30 bits per heavy atom. The summed E-state index contributed by atoms with van der Waals surface area (Å²) >= 11 is 6.23. The van der Waals surface area contributed by atoms with Crippen LogP contribution in [0.2, 0.25) is 5.02 Å². The van der Waals surface area contributed by atoms with Gasteiger partial charge in [-0.25, -0.2) is 0 Å². The zero-order valence-electron chi connectivity index (χ0n) is 17.0. The predicted molar refractivity (Wildman–Crippen MR) is 122 cm³/mol. The summed E-state index contributed by atoms with van der Waals surface area (Å²) in [6.45, 7) is 1.80. The molecule has 1 aromatic heterocycles. The molecule has 1 aliphatic carbocycles. The molecule has 0 amide bonds. The Bertz CT molecular complexity index is 995. The highest BCUT2D eigenvalue weighted by Crippen LogP contribution is 2.53. The molecule has 2 aromatic carbocycles. The van der Waals surface area contributed by atoms with Gasteiger partial charge in [0.05, 0.1) is 10.4 Å². The van der Waals surface area contributed by atoms with E-state index >= 15 is 0 Å². The van der Waals surface area contributed by atoms with Crippen LogP contribution >= 0.6 is 24.0 Å². The van der Waals surface area contributed by atoms with Crippen molar-refractivity contribution in [2.24, 2.45) is 7.05 Å². The predicted octanol–water partition coefficient (Wildman–Crippen LogP) is 5.02. The molecule has 0 bridgehead atoms. The molecule has 2 aliphatic rings. The maximum atomic E-state index is 6.23. The van der Waals surface area contributed by atoms with Crippen LogP contribution in [0.15, 0.2) is 54.6 Å². The van der Waals surface area contributed by atoms with Crippen molar-refractivity contribution in [3.8, 4) is 5.75 Å². The minimum atomic E-state index is 0. The van der Waals surface area contributed by atoms with E-state index in [0.717, 1.165) is 56.3 Å². The van der Waals surface area contributed by atoms with Gasteiger partial charge in [-0.3, -0.25) is 4.57 Å². The Balaban J connectivity index is 0.00000218. The van der Waals surface area contributed by atoms with E-state index in [1.807, 2.05) is 24.3 Å². The number of hydrogen-bond acceptors (Lipinski definition) is 4. The standard InChI is InChI=1S/C23H25ClN4O.ClH/c1-27-21(23(13-14-23)17-7-3-2-4-8-17)25-26-22(27)28-15-11-18(12-16-28)29-20-10-6-5-9-19(20)24;/h2-10,18H,11-16H2,1H3;1H. The SMILES string of the molecule is Cl.Cn1c(N2CCC(Oc3ccccc3Cl)CC2)nnc1C1(c2ccccc2)CC1. The number of nitrogens with zero attached hydrogens (tertiary/aromatic N) is 4. The summed E-state index contributed by atoms with van der Waals surface area (Å²) in [5.41, 5.74) is 1.38. The zero-order chi connectivity index (χ0) is 19.8. The van der Waals surface area contributed by atoms with Crippen LogP contribution in [0.5, 0.6) is 5.75 Å². The van der Waals surface area contributed by atoms with Crippen molar-refractivity contribution in [1.29, 1.82) is 0 Å². The van der Waals surface area contributed by atoms with Gasteiger partial charge in [0.15, 0.2) is 0 Å². The van der Waals surface area contributed by atoms with Gasteiger partial charge >= 0.3 is 0 Å². The molecule has 2 fully saturated rings. The summed E-state index contributed by atoms with van der Waals surface area (Å²) in [6.07, 6.45) is 4.33. The molecule has 5 rings (SSSR count). The van der Waals surface area contributed by atoms with Crippen LogP contribution < -0.4 is 9.64 Å². The zero-order valence-corrected chi connectivity index (χ0v) is 18.6. The molecule has 0 unspecified atom stereocenters. The minimum Gasteiger partial charge on any atom is -0.489 e. The van der Waals surface area contributed by atoms with Gasteiger partial charge < -0.3 is 9.64 Å². The molecule has 0 spiro atoms. The van der Waals surface area contributed by atoms with Crippen LogP contribution in [0.25, 0.3) is 0 Å². The Kier molecular flexibility index (Phi) is 5.94. The van der Waals surface area contributed by atoms with Crippen molar-refractivity contribution in [1.82, 2.24) is 14.8 Å². The summed E-state index contributed by atoms with van der Waals surface area (Å²) in [4.78, 5) is 2.32. The number of para-hydroxylation sites is 1. The average molecular weight is 445 g/mol. The summed E-state index contributed by atoms with van der Waals surface area (Å²) in [5, 5.41) is 9.86. The van der Waals surface area contributed by atoms with E-state index in [9.17, 15) is 0 Å². The number of piperidine rings is 1. The molecule has 0 radical (unpaired) electrons. The lowest BCUT2D eigenvalue weighted by Crippen LogP contribution is -2.39. The van der Waals surface area contributed by atoms with E-state index < -0.39 is 0 Å². The van der Waals surface area contributed by atoms with Crippen molar-refractivity contribution in [2.75, 3.05) is 18.0 Å². The quantitative estimate of drug-likeness (QED) is 0.553.